The van der Waals surface area contributed by atoms with E-state index in [1.54, 1.807) is 17.8 Å². The van der Waals surface area contributed by atoms with E-state index < -0.39 is 11.7 Å². The highest BCUT2D eigenvalue weighted by Crippen LogP contribution is 2.36. The van der Waals surface area contributed by atoms with Gasteiger partial charge >= 0.3 is 0 Å². The Morgan fingerprint density at radius 1 is 1.23 bits per heavy atom. The second kappa shape index (κ2) is 6.26. The van der Waals surface area contributed by atoms with Crippen LogP contribution in [0.5, 0.6) is 0 Å². The summed E-state index contributed by atoms with van der Waals surface area (Å²) in [6.45, 7) is 0. The smallest absolute Gasteiger partial charge is 0.254 e. The Hall–Kier alpha value is -1.59. The second-order valence-electron chi connectivity index (χ2n) is 4.97. The summed E-state index contributed by atoms with van der Waals surface area (Å²) >= 11 is 7.42. The van der Waals surface area contributed by atoms with Crippen LogP contribution in [-0.4, -0.2) is 11.7 Å². The molecule has 0 aromatic heterocycles. The van der Waals surface area contributed by atoms with Crippen molar-refractivity contribution in [3.8, 4) is 0 Å². The van der Waals surface area contributed by atoms with Crippen molar-refractivity contribution in [2.24, 2.45) is 0 Å². The van der Waals surface area contributed by atoms with Gasteiger partial charge in [0.05, 0.1) is 11.6 Å². The Morgan fingerprint density at radius 2 is 2.05 bits per heavy atom. The lowest BCUT2D eigenvalue weighted by molar-refractivity contribution is 0.0931. The number of halogens is 3. The molecular weight excluding hydrogens is 328 g/mol. The lowest BCUT2D eigenvalue weighted by Gasteiger charge is -2.26. The summed E-state index contributed by atoms with van der Waals surface area (Å²) in [5.74, 6) is -0.727. The number of carbonyl (C=O) groups is 1. The molecule has 0 bridgehead atoms. The fourth-order valence-electron chi connectivity index (χ4n) is 2.42. The van der Waals surface area contributed by atoms with Gasteiger partial charge in [-0.1, -0.05) is 11.6 Å². The third-order valence-corrected chi connectivity index (χ3v) is 4.85. The molecule has 2 aromatic rings. The van der Waals surface area contributed by atoms with Gasteiger partial charge in [-0.05, 0) is 48.4 Å². The van der Waals surface area contributed by atoms with Crippen molar-refractivity contribution in [3.63, 3.8) is 0 Å². The zero-order chi connectivity index (χ0) is 15.7. The maximum Gasteiger partial charge on any atom is 0.254 e. The minimum Gasteiger partial charge on any atom is -0.345 e. The molecule has 1 aliphatic heterocycles. The SMILES string of the molecule is O=C(N[C@H]1CCSc2ccc(F)cc21)c1cc(Cl)ccc1F. The van der Waals surface area contributed by atoms with E-state index in [1.807, 2.05) is 0 Å². The van der Waals surface area contributed by atoms with Crippen molar-refractivity contribution in [1.82, 2.24) is 5.32 Å². The van der Waals surface area contributed by atoms with Crippen LogP contribution in [-0.2, 0) is 0 Å². The van der Waals surface area contributed by atoms with Gasteiger partial charge in [0, 0.05) is 15.7 Å². The van der Waals surface area contributed by atoms with Crippen LogP contribution in [0.25, 0.3) is 0 Å². The standard InChI is InChI=1S/C16H12ClF2NOS/c17-9-1-3-13(19)11(7-9)16(21)20-14-5-6-22-15-4-2-10(18)8-12(14)15/h1-4,7-8,14H,5-6H2,(H,20,21)/t14-/m0/s1. The summed E-state index contributed by atoms with van der Waals surface area (Å²) in [5.41, 5.74) is 0.621. The topological polar surface area (TPSA) is 29.1 Å². The van der Waals surface area contributed by atoms with Gasteiger partial charge < -0.3 is 5.32 Å². The Bertz CT molecular complexity index is 738. The molecular formula is C16H12ClF2NOS. The third kappa shape index (κ3) is 3.10. The monoisotopic (exact) mass is 339 g/mol. The van der Waals surface area contributed by atoms with Crippen LogP contribution in [0.15, 0.2) is 41.3 Å². The molecule has 2 nitrogen and oxygen atoms in total. The number of amides is 1. The first-order valence-electron chi connectivity index (χ1n) is 6.73. The summed E-state index contributed by atoms with van der Waals surface area (Å²) in [5, 5.41) is 3.06. The predicted octanol–water partition coefficient (Wildman–Crippen LogP) is 4.59. The number of carbonyl (C=O) groups excluding carboxylic acids is 1. The van der Waals surface area contributed by atoms with Gasteiger partial charge in [-0.15, -0.1) is 11.8 Å². The highest BCUT2D eigenvalue weighted by Gasteiger charge is 2.24. The van der Waals surface area contributed by atoms with Crippen molar-refractivity contribution in [2.75, 3.05) is 5.75 Å². The molecule has 3 rings (SSSR count). The minimum atomic E-state index is -0.633. The molecule has 0 spiro atoms. The number of hydrogen-bond acceptors (Lipinski definition) is 2. The Morgan fingerprint density at radius 3 is 2.86 bits per heavy atom. The molecule has 0 saturated carbocycles. The van der Waals surface area contributed by atoms with Gasteiger partial charge in [0.15, 0.2) is 0 Å². The van der Waals surface area contributed by atoms with Crippen molar-refractivity contribution in [3.05, 3.63) is 64.2 Å². The van der Waals surface area contributed by atoms with Crippen LogP contribution < -0.4 is 5.32 Å². The van der Waals surface area contributed by atoms with Crippen LogP contribution >= 0.6 is 23.4 Å². The Kier molecular flexibility index (Phi) is 4.36. The van der Waals surface area contributed by atoms with E-state index in [2.05, 4.69) is 5.32 Å². The van der Waals surface area contributed by atoms with E-state index in [4.69, 9.17) is 11.6 Å². The van der Waals surface area contributed by atoms with Gasteiger partial charge in [-0.3, -0.25) is 4.79 Å². The normalized spacial score (nSPS) is 17.0. The predicted molar refractivity (Wildman–Crippen MR) is 83.4 cm³/mol. The van der Waals surface area contributed by atoms with Crippen LogP contribution in [0.1, 0.15) is 28.4 Å². The molecule has 2 aromatic carbocycles. The average Bonchev–Trinajstić information content (AvgIpc) is 2.50. The zero-order valence-corrected chi connectivity index (χ0v) is 13.0. The van der Waals surface area contributed by atoms with Crippen LogP contribution in [0.2, 0.25) is 5.02 Å². The molecule has 0 aliphatic carbocycles. The summed E-state index contributed by atoms with van der Waals surface area (Å²) in [6, 6.07) is 8.01. The zero-order valence-electron chi connectivity index (χ0n) is 11.4. The number of hydrogen-bond donors (Lipinski definition) is 1. The molecule has 0 unspecified atom stereocenters. The first-order valence-corrected chi connectivity index (χ1v) is 8.09. The largest absolute Gasteiger partial charge is 0.345 e. The minimum absolute atomic E-state index is 0.108. The molecule has 0 fully saturated rings. The quantitative estimate of drug-likeness (QED) is 0.867. The first kappa shape index (κ1) is 15.3. The van der Waals surface area contributed by atoms with E-state index in [9.17, 15) is 13.6 Å². The van der Waals surface area contributed by atoms with Gasteiger partial charge in [-0.25, -0.2) is 8.78 Å². The van der Waals surface area contributed by atoms with E-state index in [1.165, 1.54) is 24.3 Å². The molecule has 114 valence electrons. The van der Waals surface area contributed by atoms with Crippen molar-refractivity contribution >= 4 is 29.3 Å². The Balaban J connectivity index is 1.87. The summed E-state index contributed by atoms with van der Waals surface area (Å²) in [7, 11) is 0. The first-order chi connectivity index (χ1) is 10.5. The van der Waals surface area contributed by atoms with Gasteiger partial charge in [0.25, 0.3) is 5.91 Å². The summed E-state index contributed by atoms with van der Waals surface area (Å²) in [6.07, 6.45) is 0.662. The molecule has 1 aliphatic rings. The van der Waals surface area contributed by atoms with Gasteiger partial charge in [0.1, 0.15) is 11.6 Å². The fourth-order valence-corrected chi connectivity index (χ4v) is 3.70. The highest BCUT2D eigenvalue weighted by molar-refractivity contribution is 7.99. The number of thioether (sulfide) groups is 1. The molecule has 1 N–H and O–H groups in total. The fraction of sp³-hybridized carbons (Fsp3) is 0.188. The van der Waals surface area contributed by atoms with Crippen LogP contribution in [0.3, 0.4) is 0 Å². The number of fused-ring (bicyclic) bond motifs is 1. The summed E-state index contributed by atoms with van der Waals surface area (Å²) in [4.78, 5) is 13.2. The molecule has 22 heavy (non-hydrogen) atoms. The van der Waals surface area contributed by atoms with Crippen LogP contribution in [0.4, 0.5) is 8.78 Å². The Labute approximate surface area is 135 Å². The second-order valence-corrected chi connectivity index (χ2v) is 6.54. The molecule has 1 atom stereocenters. The maximum atomic E-state index is 13.8. The molecule has 1 amide bonds. The van der Waals surface area contributed by atoms with Gasteiger partial charge in [0.2, 0.25) is 0 Å². The van der Waals surface area contributed by atoms with Crippen LogP contribution in [0, 0.1) is 11.6 Å². The number of benzene rings is 2. The van der Waals surface area contributed by atoms with E-state index in [0.717, 1.165) is 22.3 Å². The lowest BCUT2D eigenvalue weighted by Crippen LogP contribution is -2.31. The van der Waals surface area contributed by atoms with E-state index in [-0.39, 0.29) is 22.4 Å². The van der Waals surface area contributed by atoms with E-state index >= 15 is 0 Å². The molecule has 0 radical (unpaired) electrons. The summed E-state index contributed by atoms with van der Waals surface area (Å²) < 4.78 is 27.2. The molecule has 0 saturated heterocycles. The lowest BCUT2D eigenvalue weighted by atomic mass is 10.0. The van der Waals surface area contributed by atoms with Crippen molar-refractivity contribution < 1.29 is 13.6 Å². The van der Waals surface area contributed by atoms with Crippen molar-refractivity contribution in [1.29, 1.82) is 0 Å². The van der Waals surface area contributed by atoms with Gasteiger partial charge in [-0.2, -0.15) is 0 Å². The van der Waals surface area contributed by atoms with E-state index in [0.29, 0.717) is 6.42 Å². The third-order valence-electron chi connectivity index (χ3n) is 3.49. The highest BCUT2D eigenvalue weighted by atomic mass is 35.5. The molecule has 1 heterocycles. The average molecular weight is 340 g/mol. The number of rotatable bonds is 2. The maximum absolute atomic E-state index is 13.8. The number of nitrogens with one attached hydrogen (secondary N) is 1. The van der Waals surface area contributed by atoms with Crippen molar-refractivity contribution in [2.45, 2.75) is 17.4 Å². The molecule has 6 heteroatoms.